The van der Waals surface area contributed by atoms with Gasteiger partial charge in [-0.2, -0.15) is 0 Å². The highest BCUT2D eigenvalue weighted by Crippen LogP contribution is 2.39. The largest absolute Gasteiger partial charge is 0.495 e. The van der Waals surface area contributed by atoms with Crippen LogP contribution >= 0.6 is 11.6 Å². The molecule has 0 saturated heterocycles. The van der Waals surface area contributed by atoms with Gasteiger partial charge >= 0.3 is 5.97 Å². The number of ether oxygens (including phenoxy) is 2. The van der Waals surface area contributed by atoms with Crippen LogP contribution < -0.4 is 10.3 Å². The number of halogens is 1. The molecule has 1 aromatic heterocycles. The minimum absolute atomic E-state index is 0.0547. The second-order valence-electron chi connectivity index (χ2n) is 6.55. The molecule has 166 valence electrons. The normalized spacial score (nSPS) is 15.2. The van der Waals surface area contributed by atoms with Crippen LogP contribution in [0.5, 0.6) is 5.75 Å². The summed E-state index contributed by atoms with van der Waals surface area (Å²) in [6.07, 6.45) is -1.93. The summed E-state index contributed by atoms with van der Waals surface area (Å²) >= 11 is 6.22. The quantitative estimate of drug-likeness (QED) is 0.385. The van der Waals surface area contributed by atoms with Gasteiger partial charge in [0, 0.05) is 30.7 Å². The second-order valence-corrected chi connectivity index (χ2v) is 6.99. The average Bonchev–Trinajstić information content (AvgIpc) is 2.87. The van der Waals surface area contributed by atoms with Gasteiger partial charge in [-0.3, -0.25) is 14.4 Å². The summed E-state index contributed by atoms with van der Waals surface area (Å²) < 4.78 is 69.0. The average molecular weight is 461 g/mol. The van der Waals surface area contributed by atoms with Crippen LogP contribution in [0.2, 0.25) is 5.02 Å². The van der Waals surface area contributed by atoms with Crippen LogP contribution in [-0.4, -0.2) is 30.5 Å². The number of Topliss-reactive ketones (excluding diaryl/α,β-unsaturated/α-hetero) is 1. The van der Waals surface area contributed by atoms with Gasteiger partial charge < -0.3 is 14.5 Å². The van der Waals surface area contributed by atoms with Gasteiger partial charge in [-0.25, -0.2) is 0 Å². The molecule has 0 aliphatic carbocycles. The lowest BCUT2D eigenvalue weighted by Gasteiger charge is -2.21. The van der Waals surface area contributed by atoms with E-state index in [0.29, 0.717) is 0 Å². The van der Waals surface area contributed by atoms with Crippen LogP contribution in [0, 0.1) is 0 Å². The number of benzene rings is 2. The standard InChI is InChI=1S/C25H24ClNO5/c1-4-32-25(30)20(12-16-8-6-5-7-9-16)23-22(21(31-3)14-27-24(23)29)19-13-17(26)10-11-18(19)15(2)28/h5-11,13-14,20H,4,12H2,1-3H3,(H,27,29)/i5D,6D,7D,8D,9D,12D2. The van der Waals surface area contributed by atoms with Crippen molar-refractivity contribution in [1.29, 1.82) is 0 Å². The summed E-state index contributed by atoms with van der Waals surface area (Å²) in [4.78, 5) is 41.8. The maximum Gasteiger partial charge on any atom is 0.313 e. The van der Waals surface area contributed by atoms with Crippen molar-refractivity contribution in [3.05, 3.63) is 86.7 Å². The smallest absolute Gasteiger partial charge is 0.313 e. The van der Waals surface area contributed by atoms with Crippen LogP contribution in [0.4, 0.5) is 0 Å². The van der Waals surface area contributed by atoms with Gasteiger partial charge in [-0.05, 0) is 49.5 Å². The molecular weight excluding hydrogens is 430 g/mol. The zero-order valence-electron chi connectivity index (χ0n) is 24.5. The van der Waals surface area contributed by atoms with Crippen molar-refractivity contribution in [2.24, 2.45) is 0 Å². The molecular formula is C25H24ClNO5. The van der Waals surface area contributed by atoms with Crippen molar-refractivity contribution in [2.45, 2.75) is 26.1 Å². The second kappa shape index (κ2) is 10.3. The summed E-state index contributed by atoms with van der Waals surface area (Å²) in [5.74, 6) is -3.91. The number of rotatable bonds is 8. The third kappa shape index (κ3) is 4.92. The van der Waals surface area contributed by atoms with Gasteiger partial charge in [0.15, 0.2) is 5.78 Å². The molecule has 2 aromatic carbocycles. The number of carbonyl (C=O) groups excluding carboxylic acids is 2. The van der Waals surface area contributed by atoms with E-state index in [4.69, 9.17) is 30.7 Å². The fraction of sp³-hybridized carbons (Fsp3) is 0.240. The Bertz CT molecular complexity index is 1510. The van der Waals surface area contributed by atoms with Crippen molar-refractivity contribution in [3.63, 3.8) is 0 Å². The zero-order chi connectivity index (χ0) is 29.4. The number of ketones is 1. The third-order valence-corrected chi connectivity index (χ3v) is 4.78. The summed E-state index contributed by atoms with van der Waals surface area (Å²) in [7, 11) is 1.25. The Kier molecular flexibility index (Phi) is 4.96. The molecule has 6 nitrogen and oxygen atoms in total. The fourth-order valence-corrected chi connectivity index (χ4v) is 3.38. The van der Waals surface area contributed by atoms with E-state index in [1.165, 1.54) is 39.2 Å². The maximum atomic E-state index is 13.4. The van der Waals surface area contributed by atoms with E-state index in [1.807, 2.05) is 0 Å². The molecule has 1 heterocycles. The van der Waals surface area contributed by atoms with Crippen molar-refractivity contribution in [2.75, 3.05) is 13.7 Å². The summed E-state index contributed by atoms with van der Waals surface area (Å²) in [6.45, 7) is 2.50. The van der Waals surface area contributed by atoms with Gasteiger partial charge in [-0.15, -0.1) is 0 Å². The first kappa shape index (κ1) is 15.4. The first-order valence-electron chi connectivity index (χ1n) is 13.0. The van der Waals surface area contributed by atoms with E-state index in [1.54, 1.807) is 0 Å². The molecule has 1 N–H and O–H groups in total. The minimum atomic E-state index is -3.09. The monoisotopic (exact) mass is 460 g/mol. The number of aromatic nitrogens is 1. The Balaban J connectivity index is 2.56. The van der Waals surface area contributed by atoms with Gasteiger partial charge in [0.25, 0.3) is 5.56 Å². The molecule has 32 heavy (non-hydrogen) atoms. The first-order chi connectivity index (χ1) is 18.2. The van der Waals surface area contributed by atoms with Crippen LogP contribution in [0.1, 0.15) is 50.8 Å². The zero-order valence-corrected chi connectivity index (χ0v) is 18.3. The molecule has 7 heteroatoms. The Morgan fingerprint density at radius 2 is 1.97 bits per heavy atom. The number of hydrogen-bond acceptors (Lipinski definition) is 5. The molecule has 0 fully saturated rings. The van der Waals surface area contributed by atoms with Crippen LogP contribution in [0.25, 0.3) is 11.1 Å². The van der Waals surface area contributed by atoms with E-state index >= 15 is 0 Å². The molecule has 0 bridgehead atoms. The number of methoxy groups -OCH3 is 1. The van der Waals surface area contributed by atoms with E-state index in [2.05, 4.69) is 4.98 Å². The van der Waals surface area contributed by atoms with Crippen LogP contribution in [-0.2, 0) is 15.9 Å². The SMILES string of the molecule is [2H]c1c([2H])c([2H])c(C([2H])([2H])C(C(=O)OCC)c2c(-c3cc(Cl)ccc3C(C)=O)c(OC)c[nH]c2=O)c([2H])c1[2H]. The molecule has 0 spiro atoms. The van der Waals surface area contributed by atoms with Crippen molar-refractivity contribution in [1.82, 2.24) is 4.98 Å². The van der Waals surface area contributed by atoms with Gasteiger partial charge in [0.2, 0.25) is 0 Å². The third-order valence-electron chi connectivity index (χ3n) is 4.54. The molecule has 0 saturated carbocycles. The Hall–Kier alpha value is -3.38. The summed E-state index contributed by atoms with van der Waals surface area (Å²) in [5.41, 5.74) is -2.38. The van der Waals surface area contributed by atoms with E-state index < -0.39 is 70.9 Å². The highest BCUT2D eigenvalue weighted by molar-refractivity contribution is 6.31. The van der Waals surface area contributed by atoms with Gasteiger partial charge in [-0.1, -0.05) is 41.8 Å². The lowest BCUT2D eigenvalue weighted by molar-refractivity contribution is -0.145. The summed E-state index contributed by atoms with van der Waals surface area (Å²) in [5, 5.41) is 0.157. The molecule has 0 aliphatic rings. The molecule has 0 amide bonds. The van der Waals surface area contributed by atoms with Gasteiger partial charge in [0.1, 0.15) is 5.75 Å². The Labute approximate surface area is 201 Å². The number of carbonyl (C=O) groups is 2. The molecule has 3 rings (SSSR count). The topological polar surface area (TPSA) is 85.5 Å². The number of esters is 1. The molecule has 0 radical (unpaired) electrons. The molecule has 1 unspecified atom stereocenters. The highest BCUT2D eigenvalue weighted by Gasteiger charge is 2.31. The predicted molar refractivity (Wildman–Crippen MR) is 124 cm³/mol. The van der Waals surface area contributed by atoms with Crippen LogP contribution in [0.15, 0.2) is 59.4 Å². The molecule has 1 atom stereocenters. The highest BCUT2D eigenvalue weighted by atomic mass is 35.5. The molecule has 3 aromatic rings. The van der Waals surface area contributed by atoms with E-state index in [-0.39, 0.29) is 34.1 Å². The van der Waals surface area contributed by atoms with E-state index in [9.17, 15) is 14.4 Å². The minimum Gasteiger partial charge on any atom is -0.495 e. The number of hydrogen-bond donors (Lipinski definition) is 1. The van der Waals surface area contributed by atoms with Crippen LogP contribution in [0.3, 0.4) is 0 Å². The lowest BCUT2D eigenvalue weighted by Crippen LogP contribution is -2.27. The number of nitrogens with one attached hydrogen (secondary N) is 1. The first-order valence-corrected chi connectivity index (χ1v) is 9.92. The van der Waals surface area contributed by atoms with E-state index in [0.717, 1.165) is 6.20 Å². The lowest BCUT2D eigenvalue weighted by atomic mass is 9.85. The van der Waals surface area contributed by atoms with Crippen molar-refractivity contribution >= 4 is 23.4 Å². The number of aromatic amines is 1. The van der Waals surface area contributed by atoms with Crippen molar-refractivity contribution in [3.8, 4) is 16.9 Å². The summed E-state index contributed by atoms with van der Waals surface area (Å²) in [6, 6.07) is -0.0218. The predicted octanol–water partition coefficient (Wildman–Crippen LogP) is 4.80. The Morgan fingerprint density at radius 1 is 1.25 bits per heavy atom. The van der Waals surface area contributed by atoms with Gasteiger partial charge in [0.05, 0.1) is 26.5 Å². The molecule has 0 aliphatic heterocycles. The number of H-pyrrole nitrogens is 1. The van der Waals surface area contributed by atoms with Crippen molar-refractivity contribution < 1.29 is 28.7 Å². The maximum absolute atomic E-state index is 13.4. The fourth-order valence-electron chi connectivity index (χ4n) is 3.21. The number of pyridine rings is 1. The Morgan fingerprint density at radius 3 is 2.59 bits per heavy atom.